The van der Waals surface area contributed by atoms with E-state index in [0.29, 0.717) is 12.1 Å². The van der Waals surface area contributed by atoms with Crippen molar-refractivity contribution in [3.05, 3.63) is 46.1 Å². The summed E-state index contributed by atoms with van der Waals surface area (Å²) in [5.41, 5.74) is -2.88. The van der Waals surface area contributed by atoms with E-state index < -0.39 is 91.2 Å². The molecule has 0 radical (unpaired) electrons. The lowest BCUT2D eigenvalue weighted by molar-refractivity contribution is 0.0728. The molecule has 13 nitrogen and oxygen atoms in total. The largest absolute Gasteiger partial charge is 0.504 e. The van der Waals surface area contributed by atoms with Crippen LogP contribution in [0.5, 0.6) is 57.5 Å². The molecular formula is C22H14O13. The van der Waals surface area contributed by atoms with E-state index in [1.807, 2.05) is 0 Å². The zero-order valence-corrected chi connectivity index (χ0v) is 17.0. The van der Waals surface area contributed by atoms with Gasteiger partial charge in [0.05, 0.1) is 5.56 Å². The molecule has 1 heterocycles. The Morgan fingerprint density at radius 3 is 1.91 bits per heavy atom. The highest BCUT2D eigenvalue weighted by Gasteiger charge is 2.29. The van der Waals surface area contributed by atoms with Gasteiger partial charge in [-0.05, 0) is 30.3 Å². The topological polar surface area (TPSA) is 239 Å². The number of benzene rings is 3. The summed E-state index contributed by atoms with van der Waals surface area (Å²) in [4.78, 5) is 25.4. The van der Waals surface area contributed by atoms with Crippen LogP contribution in [0.2, 0.25) is 0 Å². The summed E-state index contributed by atoms with van der Waals surface area (Å²) in [5, 5.41) is 87.8. The summed E-state index contributed by atoms with van der Waals surface area (Å²) in [5.74, 6) is -11.8. The van der Waals surface area contributed by atoms with Crippen LogP contribution in [0.4, 0.5) is 0 Å². The smallest absolute Gasteiger partial charge is 0.344 e. The van der Waals surface area contributed by atoms with Crippen molar-refractivity contribution in [2.45, 2.75) is 0 Å². The quantitative estimate of drug-likeness (QED) is 0.115. The van der Waals surface area contributed by atoms with Gasteiger partial charge in [-0.2, -0.15) is 0 Å². The van der Waals surface area contributed by atoms with E-state index in [1.165, 1.54) is 0 Å². The van der Waals surface area contributed by atoms with Crippen LogP contribution in [0, 0.1) is 0 Å². The Labute approximate surface area is 192 Å². The molecule has 0 unspecified atom stereocenters. The Balaban J connectivity index is 1.98. The van der Waals surface area contributed by atoms with Crippen LogP contribution in [-0.2, 0) is 0 Å². The summed E-state index contributed by atoms with van der Waals surface area (Å²) in [6.45, 7) is 0. The number of ether oxygens (including phenoxy) is 1. The van der Waals surface area contributed by atoms with Crippen molar-refractivity contribution in [1.29, 1.82) is 0 Å². The van der Waals surface area contributed by atoms with Crippen molar-refractivity contribution in [3.8, 4) is 68.8 Å². The Hall–Kier alpha value is -5.46. The number of esters is 1. The summed E-state index contributed by atoms with van der Waals surface area (Å²) in [6, 6.07) is 4.44. The van der Waals surface area contributed by atoms with Crippen LogP contribution in [0.15, 0.2) is 39.5 Å². The van der Waals surface area contributed by atoms with Crippen LogP contribution in [-0.4, -0.2) is 51.9 Å². The number of aromatic hydroxyl groups is 9. The minimum atomic E-state index is -1.39. The number of fused-ring (bicyclic) bond motifs is 1. The van der Waals surface area contributed by atoms with E-state index in [4.69, 9.17) is 9.15 Å². The van der Waals surface area contributed by atoms with Gasteiger partial charge in [0, 0.05) is 5.56 Å². The van der Waals surface area contributed by atoms with Gasteiger partial charge in [-0.1, -0.05) is 0 Å². The second-order valence-corrected chi connectivity index (χ2v) is 7.14. The van der Waals surface area contributed by atoms with Crippen molar-refractivity contribution < 1.29 is 59.9 Å². The lowest BCUT2D eigenvalue weighted by Gasteiger charge is -2.14. The second kappa shape index (κ2) is 7.84. The average molecular weight is 486 g/mol. The minimum Gasteiger partial charge on any atom is -0.504 e. The maximum Gasteiger partial charge on any atom is 0.344 e. The molecule has 4 rings (SSSR count). The second-order valence-electron chi connectivity index (χ2n) is 7.14. The number of hydrogen-bond acceptors (Lipinski definition) is 13. The van der Waals surface area contributed by atoms with Crippen LogP contribution in [0.1, 0.15) is 10.4 Å². The first kappa shape index (κ1) is 22.7. The molecule has 0 spiro atoms. The molecule has 3 aromatic carbocycles. The number of carbonyl (C=O) groups excluding carboxylic acids is 1. The fourth-order valence-corrected chi connectivity index (χ4v) is 3.18. The van der Waals surface area contributed by atoms with Crippen LogP contribution >= 0.6 is 0 Å². The van der Waals surface area contributed by atoms with Gasteiger partial charge in [0.15, 0.2) is 45.8 Å². The molecule has 0 aliphatic heterocycles. The third kappa shape index (κ3) is 3.52. The number of phenols is 8. The van der Waals surface area contributed by atoms with Crippen LogP contribution in [0.3, 0.4) is 0 Å². The standard InChI is InChI=1S/C22H14O13/c23-8-2-1-6(3-9(8)24)19-17(31)15(29)12-14(28)16(30)18(32)21(20(12)34-19)35-22(33)7-4-10(25)13(27)11(26)5-7/h1-5,23-28,30-32H. The highest BCUT2D eigenvalue weighted by atomic mass is 16.5. The number of rotatable bonds is 3. The Kier molecular flexibility index (Phi) is 5.09. The molecule has 9 N–H and O–H groups in total. The van der Waals surface area contributed by atoms with Crippen molar-refractivity contribution in [2.24, 2.45) is 0 Å². The van der Waals surface area contributed by atoms with Crippen LogP contribution < -0.4 is 10.2 Å². The molecule has 0 fully saturated rings. The highest BCUT2D eigenvalue weighted by molar-refractivity contribution is 6.00. The summed E-state index contributed by atoms with van der Waals surface area (Å²) >= 11 is 0. The average Bonchev–Trinajstić information content (AvgIpc) is 2.81. The molecule has 0 saturated carbocycles. The molecular weight excluding hydrogens is 472 g/mol. The summed E-state index contributed by atoms with van der Waals surface area (Å²) in [6.07, 6.45) is 0. The van der Waals surface area contributed by atoms with E-state index in [1.54, 1.807) is 0 Å². The summed E-state index contributed by atoms with van der Waals surface area (Å²) < 4.78 is 10.4. The molecule has 0 aliphatic rings. The summed E-state index contributed by atoms with van der Waals surface area (Å²) in [7, 11) is 0. The monoisotopic (exact) mass is 486 g/mol. The first-order valence-corrected chi connectivity index (χ1v) is 9.38. The van der Waals surface area contributed by atoms with E-state index >= 15 is 0 Å². The normalized spacial score (nSPS) is 11.0. The van der Waals surface area contributed by atoms with Gasteiger partial charge in [-0.15, -0.1) is 0 Å². The van der Waals surface area contributed by atoms with Gasteiger partial charge in [-0.25, -0.2) is 4.79 Å². The molecule has 13 heteroatoms. The molecule has 0 bridgehead atoms. The number of hydrogen-bond donors (Lipinski definition) is 9. The van der Waals surface area contributed by atoms with Crippen molar-refractivity contribution in [1.82, 2.24) is 0 Å². The number of carbonyl (C=O) groups is 1. The molecule has 1 aromatic heterocycles. The van der Waals surface area contributed by atoms with Gasteiger partial charge in [0.25, 0.3) is 0 Å². The third-order valence-corrected chi connectivity index (χ3v) is 4.93. The van der Waals surface area contributed by atoms with Crippen LogP contribution in [0.25, 0.3) is 22.3 Å². The van der Waals surface area contributed by atoms with E-state index in [0.717, 1.165) is 18.2 Å². The first-order chi connectivity index (χ1) is 16.4. The molecule has 0 aliphatic carbocycles. The predicted molar refractivity (Wildman–Crippen MR) is 114 cm³/mol. The zero-order chi connectivity index (χ0) is 25.8. The molecule has 35 heavy (non-hydrogen) atoms. The molecule has 0 atom stereocenters. The Morgan fingerprint density at radius 1 is 0.686 bits per heavy atom. The zero-order valence-electron chi connectivity index (χ0n) is 17.0. The van der Waals surface area contributed by atoms with Gasteiger partial charge in [0.1, 0.15) is 5.39 Å². The van der Waals surface area contributed by atoms with E-state index in [2.05, 4.69) is 0 Å². The third-order valence-electron chi connectivity index (χ3n) is 4.93. The fourth-order valence-electron chi connectivity index (χ4n) is 3.18. The maximum absolute atomic E-state index is 12.8. The van der Waals surface area contributed by atoms with Gasteiger partial charge in [-0.3, -0.25) is 4.79 Å². The molecule has 0 saturated heterocycles. The minimum absolute atomic E-state index is 0.158. The highest BCUT2D eigenvalue weighted by Crippen LogP contribution is 2.50. The van der Waals surface area contributed by atoms with Crippen molar-refractivity contribution in [3.63, 3.8) is 0 Å². The predicted octanol–water partition coefficient (Wildman–Crippen LogP) is 2.03. The van der Waals surface area contributed by atoms with Gasteiger partial charge >= 0.3 is 5.97 Å². The van der Waals surface area contributed by atoms with Gasteiger partial charge in [0.2, 0.25) is 28.4 Å². The molecule has 0 amide bonds. The lowest BCUT2D eigenvalue weighted by Crippen LogP contribution is -2.10. The van der Waals surface area contributed by atoms with Crippen molar-refractivity contribution >= 4 is 16.9 Å². The Bertz CT molecular complexity index is 1580. The SMILES string of the molecule is O=C(Oc1c(O)c(O)c(O)c2c(=O)c(O)c(-c3ccc(O)c(O)c3)oc12)c1cc(O)c(O)c(O)c1. The fraction of sp³-hybridized carbons (Fsp3) is 0. The van der Waals surface area contributed by atoms with Crippen molar-refractivity contribution in [2.75, 3.05) is 0 Å². The number of phenolic OH excluding ortho intramolecular Hbond substituents is 8. The lowest BCUT2D eigenvalue weighted by atomic mass is 10.1. The maximum atomic E-state index is 12.8. The van der Waals surface area contributed by atoms with Gasteiger partial charge < -0.3 is 55.1 Å². The van der Waals surface area contributed by atoms with E-state index in [-0.39, 0.29) is 5.56 Å². The molecule has 4 aromatic rings. The molecule has 180 valence electrons. The first-order valence-electron chi connectivity index (χ1n) is 9.38. The van der Waals surface area contributed by atoms with E-state index in [9.17, 15) is 55.5 Å². The Morgan fingerprint density at radius 2 is 1.31 bits per heavy atom.